The highest BCUT2D eigenvalue weighted by molar-refractivity contribution is 9.10. The number of anilines is 1. The Bertz CT molecular complexity index is 1240. The van der Waals surface area contributed by atoms with E-state index in [4.69, 9.17) is 23.2 Å². The Balaban J connectivity index is 1.77. The molecule has 1 heterocycles. The number of hydrogen-bond donors (Lipinski definition) is 1. The van der Waals surface area contributed by atoms with E-state index < -0.39 is 5.91 Å². The van der Waals surface area contributed by atoms with Gasteiger partial charge in [0.25, 0.3) is 5.91 Å². The summed E-state index contributed by atoms with van der Waals surface area (Å²) < 4.78 is 2.55. The number of carbonyl (C=O) groups is 1. The molecule has 0 aliphatic carbocycles. The molecule has 0 fully saturated rings. The summed E-state index contributed by atoms with van der Waals surface area (Å²) in [6.07, 6.45) is 0. The van der Waals surface area contributed by atoms with Gasteiger partial charge in [-0.3, -0.25) is 4.79 Å². The Labute approximate surface area is 191 Å². The standard InChI is InChI=1S/C22H15BrCl2N4O/c1-13-5-10-18(12-19(13)25)29-21(14-6-8-15(23)9-7-14)27-20(28-29)22(30)26-17-4-2-3-16(24)11-17/h2-12H,1H3,(H,26,30). The van der Waals surface area contributed by atoms with Crippen molar-refractivity contribution in [1.29, 1.82) is 0 Å². The van der Waals surface area contributed by atoms with Crippen molar-refractivity contribution in [2.24, 2.45) is 0 Å². The Morgan fingerprint density at radius 1 is 1.03 bits per heavy atom. The highest BCUT2D eigenvalue weighted by Crippen LogP contribution is 2.26. The average molecular weight is 502 g/mol. The normalized spacial score (nSPS) is 10.8. The van der Waals surface area contributed by atoms with E-state index in [-0.39, 0.29) is 5.82 Å². The van der Waals surface area contributed by atoms with Crippen LogP contribution < -0.4 is 5.32 Å². The number of aromatic nitrogens is 3. The largest absolute Gasteiger partial charge is 0.319 e. The van der Waals surface area contributed by atoms with Gasteiger partial charge in [-0.15, -0.1) is 5.10 Å². The summed E-state index contributed by atoms with van der Waals surface area (Å²) in [5.74, 6) is 0.121. The molecule has 0 saturated carbocycles. The summed E-state index contributed by atoms with van der Waals surface area (Å²) >= 11 is 15.8. The van der Waals surface area contributed by atoms with E-state index in [2.05, 4.69) is 31.3 Å². The van der Waals surface area contributed by atoms with E-state index in [9.17, 15) is 4.79 Å². The first-order valence-electron chi connectivity index (χ1n) is 8.97. The summed E-state index contributed by atoms with van der Waals surface area (Å²) in [5.41, 5.74) is 3.03. The van der Waals surface area contributed by atoms with Gasteiger partial charge in [0.2, 0.25) is 5.82 Å². The molecule has 3 aromatic carbocycles. The molecule has 1 amide bonds. The molecule has 0 unspecified atom stereocenters. The fraction of sp³-hybridized carbons (Fsp3) is 0.0455. The van der Waals surface area contributed by atoms with Gasteiger partial charge in [0.15, 0.2) is 5.82 Å². The van der Waals surface area contributed by atoms with Crippen LogP contribution in [0.2, 0.25) is 10.0 Å². The van der Waals surface area contributed by atoms with Gasteiger partial charge in [0.05, 0.1) is 5.69 Å². The number of benzene rings is 3. The number of carbonyl (C=O) groups excluding carboxylic acids is 1. The van der Waals surface area contributed by atoms with Gasteiger partial charge in [-0.25, -0.2) is 9.67 Å². The van der Waals surface area contributed by atoms with Crippen LogP contribution in [-0.2, 0) is 0 Å². The van der Waals surface area contributed by atoms with Crippen LogP contribution in [0.25, 0.3) is 17.1 Å². The molecule has 1 aromatic heterocycles. The summed E-state index contributed by atoms with van der Waals surface area (Å²) in [7, 11) is 0. The molecule has 0 bridgehead atoms. The number of halogens is 3. The maximum atomic E-state index is 12.8. The smallest absolute Gasteiger partial charge is 0.295 e. The van der Waals surface area contributed by atoms with Crippen LogP contribution in [0.3, 0.4) is 0 Å². The number of nitrogens with zero attached hydrogens (tertiary/aromatic N) is 3. The number of hydrogen-bond acceptors (Lipinski definition) is 3. The monoisotopic (exact) mass is 500 g/mol. The van der Waals surface area contributed by atoms with Gasteiger partial charge in [-0.05, 0) is 55.0 Å². The Morgan fingerprint density at radius 3 is 2.50 bits per heavy atom. The first-order chi connectivity index (χ1) is 14.4. The van der Waals surface area contributed by atoms with Gasteiger partial charge in [-0.2, -0.15) is 0 Å². The number of rotatable bonds is 4. The lowest BCUT2D eigenvalue weighted by Gasteiger charge is -2.07. The highest BCUT2D eigenvalue weighted by Gasteiger charge is 2.19. The van der Waals surface area contributed by atoms with Crippen molar-refractivity contribution >= 4 is 50.7 Å². The van der Waals surface area contributed by atoms with E-state index in [1.807, 2.05) is 43.3 Å². The van der Waals surface area contributed by atoms with E-state index in [1.165, 1.54) is 0 Å². The lowest BCUT2D eigenvalue weighted by Crippen LogP contribution is -2.14. The van der Waals surface area contributed by atoms with Crippen LogP contribution in [0.4, 0.5) is 5.69 Å². The first kappa shape index (κ1) is 20.6. The lowest BCUT2D eigenvalue weighted by atomic mass is 10.2. The maximum absolute atomic E-state index is 12.8. The van der Waals surface area contributed by atoms with Crippen molar-refractivity contribution in [1.82, 2.24) is 14.8 Å². The lowest BCUT2D eigenvalue weighted by molar-refractivity contribution is 0.101. The van der Waals surface area contributed by atoms with Gasteiger partial charge < -0.3 is 5.32 Å². The topological polar surface area (TPSA) is 59.8 Å². The second-order valence-electron chi connectivity index (χ2n) is 6.58. The van der Waals surface area contributed by atoms with Crippen molar-refractivity contribution in [2.75, 3.05) is 5.32 Å². The molecule has 0 spiro atoms. The fourth-order valence-electron chi connectivity index (χ4n) is 2.84. The zero-order valence-corrected chi connectivity index (χ0v) is 18.8. The molecular weight excluding hydrogens is 487 g/mol. The fourth-order valence-corrected chi connectivity index (χ4v) is 3.47. The van der Waals surface area contributed by atoms with E-state index >= 15 is 0 Å². The average Bonchev–Trinajstić information content (AvgIpc) is 3.16. The first-order valence-corrected chi connectivity index (χ1v) is 10.5. The van der Waals surface area contributed by atoms with Crippen molar-refractivity contribution in [3.8, 4) is 17.1 Å². The van der Waals surface area contributed by atoms with Crippen LogP contribution in [0.5, 0.6) is 0 Å². The third-order valence-corrected chi connectivity index (χ3v) is 5.57. The van der Waals surface area contributed by atoms with Crippen LogP contribution in [0.15, 0.2) is 71.2 Å². The molecule has 0 aliphatic heterocycles. The molecule has 1 N–H and O–H groups in total. The number of amides is 1. The summed E-state index contributed by atoms with van der Waals surface area (Å²) in [4.78, 5) is 17.3. The van der Waals surface area contributed by atoms with Crippen LogP contribution >= 0.6 is 39.1 Å². The minimum atomic E-state index is -0.437. The summed E-state index contributed by atoms with van der Waals surface area (Å²) in [6, 6.07) is 20.1. The second-order valence-corrected chi connectivity index (χ2v) is 8.33. The molecular formula is C22H15BrCl2N4O. The van der Waals surface area contributed by atoms with Gasteiger partial charge in [0, 0.05) is 25.8 Å². The van der Waals surface area contributed by atoms with Gasteiger partial charge in [0.1, 0.15) is 0 Å². The Kier molecular flexibility index (Phi) is 5.90. The maximum Gasteiger partial charge on any atom is 0.295 e. The van der Waals surface area contributed by atoms with Crippen molar-refractivity contribution in [2.45, 2.75) is 6.92 Å². The molecule has 5 nitrogen and oxygen atoms in total. The predicted octanol–water partition coefficient (Wildman–Crippen LogP) is 6.56. The zero-order valence-electron chi connectivity index (χ0n) is 15.7. The Morgan fingerprint density at radius 2 is 1.80 bits per heavy atom. The highest BCUT2D eigenvalue weighted by atomic mass is 79.9. The third-order valence-electron chi connectivity index (χ3n) is 4.40. The van der Waals surface area contributed by atoms with Crippen LogP contribution in [0.1, 0.15) is 16.2 Å². The quantitative estimate of drug-likeness (QED) is 0.344. The molecule has 0 saturated heterocycles. The van der Waals surface area contributed by atoms with Crippen LogP contribution in [-0.4, -0.2) is 20.7 Å². The van der Waals surface area contributed by atoms with Crippen molar-refractivity contribution < 1.29 is 4.79 Å². The number of nitrogens with one attached hydrogen (secondary N) is 1. The SMILES string of the molecule is Cc1ccc(-n2nc(C(=O)Nc3cccc(Cl)c3)nc2-c2ccc(Br)cc2)cc1Cl. The molecule has 0 atom stereocenters. The van der Waals surface area contributed by atoms with E-state index in [0.717, 1.165) is 15.6 Å². The molecule has 30 heavy (non-hydrogen) atoms. The van der Waals surface area contributed by atoms with E-state index in [1.54, 1.807) is 35.0 Å². The molecule has 0 radical (unpaired) electrons. The zero-order chi connectivity index (χ0) is 21.3. The predicted molar refractivity (Wildman–Crippen MR) is 124 cm³/mol. The number of aryl methyl sites for hydroxylation is 1. The van der Waals surface area contributed by atoms with Gasteiger partial charge >= 0.3 is 0 Å². The summed E-state index contributed by atoms with van der Waals surface area (Å²) in [6.45, 7) is 1.92. The molecule has 4 rings (SSSR count). The van der Waals surface area contributed by atoms with E-state index in [0.29, 0.717) is 27.2 Å². The third kappa shape index (κ3) is 4.41. The summed E-state index contributed by atoms with van der Waals surface area (Å²) in [5, 5.41) is 8.37. The second kappa shape index (κ2) is 8.60. The molecule has 150 valence electrons. The minimum Gasteiger partial charge on any atom is -0.319 e. The molecule has 8 heteroatoms. The van der Waals surface area contributed by atoms with Crippen LogP contribution in [0, 0.1) is 6.92 Å². The molecule has 4 aromatic rings. The minimum absolute atomic E-state index is 0.0320. The van der Waals surface area contributed by atoms with Crippen molar-refractivity contribution in [3.05, 3.63) is 92.6 Å². The Hall–Kier alpha value is -2.67. The van der Waals surface area contributed by atoms with Gasteiger partial charge in [-0.1, -0.05) is 63.4 Å². The van der Waals surface area contributed by atoms with Crippen molar-refractivity contribution in [3.63, 3.8) is 0 Å². The molecule has 0 aliphatic rings.